The van der Waals surface area contributed by atoms with Gasteiger partial charge in [-0.3, -0.25) is 14.4 Å². The van der Waals surface area contributed by atoms with Crippen molar-refractivity contribution < 1.29 is 19.4 Å². The second kappa shape index (κ2) is 11.9. The van der Waals surface area contributed by atoms with Gasteiger partial charge in [-0.25, -0.2) is 0 Å². The van der Waals surface area contributed by atoms with Crippen molar-refractivity contribution in [2.75, 3.05) is 39.4 Å². The van der Waals surface area contributed by atoms with Crippen molar-refractivity contribution in [1.29, 1.82) is 0 Å². The van der Waals surface area contributed by atoms with Crippen LogP contribution in [0.5, 0.6) is 5.75 Å². The Labute approximate surface area is 219 Å². The van der Waals surface area contributed by atoms with Gasteiger partial charge in [0.1, 0.15) is 18.0 Å². The standard InChI is InChI=1S/C27H39ClN4O4/c1-4-7-32-17-22(15-29-32)16-30-10-11-36-27(18-30,14-25(34)31-8-5-23(33)6-9-31)19-35-24-12-20(2)26(28)21(3)13-24/h12-13,15,17,23,33H,4-11,14,16,18-19H2,1-3H3/t27-/m0/s1. The van der Waals surface area contributed by atoms with E-state index < -0.39 is 5.60 Å². The van der Waals surface area contributed by atoms with E-state index in [-0.39, 0.29) is 25.0 Å². The SMILES string of the molecule is CCCn1cc(CN2CCO[C@@](COc3cc(C)c(Cl)c(C)c3)(CC(=O)N3CCC(O)CC3)C2)cn1. The smallest absolute Gasteiger partial charge is 0.225 e. The molecule has 2 aromatic rings. The first-order valence-corrected chi connectivity index (χ1v) is 13.4. The molecule has 3 heterocycles. The van der Waals surface area contributed by atoms with Crippen LogP contribution in [-0.2, 0) is 22.6 Å². The van der Waals surface area contributed by atoms with Gasteiger partial charge in [0.15, 0.2) is 0 Å². The van der Waals surface area contributed by atoms with Gasteiger partial charge in [0.05, 0.1) is 25.3 Å². The molecule has 9 heteroatoms. The summed E-state index contributed by atoms with van der Waals surface area (Å²) in [6, 6.07) is 3.86. The van der Waals surface area contributed by atoms with Crippen molar-refractivity contribution in [2.24, 2.45) is 0 Å². The number of likely N-dealkylation sites (tertiary alicyclic amines) is 1. The number of aliphatic hydroxyl groups is 1. The molecule has 2 fully saturated rings. The lowest BCUT2D eigenvalue weighted by atomic mass is 9.95. The minimum absolute atomic E-state index is 0.0478. The number of benzene rings is 1. The van der Waals surface area contributed by atoms with Crippen LogP contribution in [0.2, 0.25) is 5.02 Å². The Kier molecular flexibility index (Phi) is 8.93. The van der Waals surface area contributed by atoms with Crippen LogP contribution in [0.25, 0.3) is 0 Å². The van der Waals surface area contributed by atoms with Gasteiger partial charge in [-0.1, -0.05) is 18.5 Å². The van der Waals surface area contributed by atoms with E-state index in [1.54, 1.807) is 0 Å². The number of carbonyl (C=O) groups is 1. The van der Waals surface area contributed by atoms with Gasteiger partial charge in [0.25, 0.3) is 0 Å². The normalized spacial score (nSPS) is 21.6. The number of aliphatic hydroxyl groups excluding tert-OH is 1. The molecular formula is C27H39ClN4O4. The Balaban J connectivity index is 1.49. The van der Waals surface area contributed by atoms with Crippen molar-refractivity contribution in [2.45, 2.75) is 71.2 Å². The number of aromatic nitrogens is 2. The van der Waals surface area contributed by atoms with E-state index in [2.05, 4.69) is 23.1 Å². The molecule has 0 aliphatic carbocycles. The number of hydrogen-bond acceptors (Lipinski definition) is 6. The Morgan fingerprint density at radius 3 is 2.67 bits per heavy atom. The third-order valence-electron chi connectivity index (χ3n) is 7.08. The fraction of sp³-hybridized carbons (Fsp3) is 0.630. The van der Waals surface area contributed by atoms with E-state index in [0.717, 1.165) is 53.5 Å². The van der Waals surface area contributed by atoms with E-state index in [0.29, 0.717) is 39.1 Å². The maximum Gasteiger partial charge on any atom is 0.225 e. The number of hydrogen-bond donors (Lipinski definition) is 1. The zero-order chi connectivity index (χ0) is 25.7. The van der Waals surface area contributed by atoms with Gasteiger partial charge in [-0.2, -0.15) is 5.10 Å². The molecule has 198 valence electrons. The topological polar surface area (TPSA) is 80.1 Å². The predicted octanol–water partition coefficient (Wildman–Crippen LogP) is 3.59. The van der Waals surface area contributed by atoms with Gasteiger partial charge in [0.2, 0.25) is 5.91 Å². The lowest BCUT2D eigenvalue weighted by molar-refractivity contribution is -0.158. The van der Waals surface area contributed by atoms with Crippen LogP contribution in [-0.4, -0.2) is 81.7 Å². The lowest BCUT2D eigenvalue weighted by Gasteiger charge is -2.43. The monoisotopic (exact) mass is 518 g/mol. The quantitative estimate of drug-likeness (QED) is 0.546. The lowest BCUT2D eigenvalue weighted by Crippen LogP contribution is -2.57. The maximum atomic E-state index is 13.3. The second-order valence-corrected chi connectivity index (χ2v) is 10.7. The summed E-state index contributed by atoms with van der Waals surface area (Å²) < 4.78 is 14.6. The van der Waals surface area contributed by atoms with Crippen LogP contribution in [0.4, 0.5) is 0 Å². The summed E-state index contributed by atoms with van der Waals surface area (Å²) in [7, 11) is 0. The van der Waals surface area contributed by atoms with Crippen LogP contribution in [0.1, 0.15) is 49.3 Å². The van der Waals surface area contributed by atoms with Gasteiger partial charge < -0.3 is 19.5 Å². The Hall–Kier alpha value is -2.13. The highest BCUT2D eigenvalue weighted by atomic mass is 35.5. The summed E-state index contributed by atoms with van der Waals surface area (Å²) in [6.45, 7) is 11.0. The van der Waals surface area contributed by atoms with Crippen molar-refractivity contribution in [1.82, 2.24) is 19.6 Å². The number of piperidine rings is 1. The average molecular weight is 519 g/mol. The fourth-order valence-corrected chi connectivity index (χ4v) is 5.22. The third-order valence-corrected chi connectivity index (χ3v) is 7.67. The molecule has 1 aromatic carbocycles. The molecule has 2 saturated heterocycles. The summed E-state index contributed by atoms with van der Waals surface area (Å²) in [5.74, 6) is 0.774. The Morgan fingerprint density at radius 1 is 1.25 bits per heavy atom. The molecule has 4 rings (SSSR count). The first-order valence-electron chi connectivity index (χ1n) is 13.0. The van der Waals surface area contributed by atoms with E-state index in [1.807, 2.05) is 41.8 Å². The van der Waals surface area contributed by atoms with Crippen molar-refractivity contribution in [3.05, 3.63) is 46.2 Å². The first-order chi connectivity index (χ1) is 17.3. The minimum Gasteiger partial charge on any atom is -0.490 e. The predicted molar refractivity (Wildman–Crippen MR) is 139 cm³/mol. The van der Waals surface area contributed by atoms with Crippen LogP contribution >= 0.6 is 11.6 Å². The largest absolute Gasteiger partial charge is 0.490 e. The molecule has 1 aromatic heterocycles. The van der Waals surface area contributed by atoms with Crippen LogP contribution in [0, 0.1) is 13.8 Å². The molecule has 1 atom stereocenters. The van der Waals surface area contributed by atoms with E-state index >= 15 is 0 Å². The number of nitrogens with zero attached hydrogens (tertiary/aromatic N) is 4. The molecule has 0 unspecified atom stereocenters. The number of rotatable bonds is 9. The van der Waals surface area contributed by atoms with Gasteiger partial charge in [-0.05, 0) is 56.4 Å². The van der Waals surface area contributed by atoms with Crippen molar-refractivity contribution in [3.63, 3.8) is 0 Å². The summed E-state index contributed by atoms with van der Waals surface area (Å²) in [6.07, 6.45) is 6.21. The van der Waals surface area contributed by atoms with Crippen LogP contribution < -0.4 is 4.74 Å². The Bertz CT molecular complexity index is 1010. The number of ether oxygens (including phenoxy) is 2. The molecule has 8 nitrogen and oxygen atoms in total. The number of aryl methyl sites for hydroxylation is 3. The molecule has 0 saturated carbocycles. The Morgan fingerprint density at radius 2 is 1.97 bits per heavy atom. The van der Waals surface area contributed by atoms with Crippen molar-refractivity contribution >= 4 is 17.5 Å². The number of carbonyl (C=O) groups excluding carboxylic acids is 1. The zero-order valence-corrected chi connectivity index (χ0v) is 22.5. The summed E-state index contributed by atoms with van der Waals surface area (Å²) in [5, 5.41) is 15.1. The van der Waals surface area contributed by atoms with Gasteiger partial charge in [0, 0.05) is 56.1 Å². The first kappa shape index (κ1) is 26.9. The molecular weight excluding hydrogens is 480 g/mol. The summed E-state index contributed by atoms with van der Waals surface area (Å²) in [4.78, 5) is 17.5. The van der Waals surface area contributed by atoms with Crippen LogP contribution in [0.15, 0.2) is 24.5 Å². The molecule has 0 spiro atoms. The molecule has 0 bridgehead atoms. The average Bonchev–Trinajstić information content (AvgIpc) is 3.28. The zero-order valence-electron chi connectivity index (χ0n) is 21.7. The second-order valence-electron chi connectivity index (χ2n) is 10.3. The highest BCUT2D eigenvalue weighted by Gasteiger charge is 2.41. The molecule has 36 heavy (non-hydrogen) atoms. The summed E-state index contributed by atoms with van der Waals surface area (Å²) in [5.41, 5.74) is 2.30. The molecule has 1 N–H and O–H groups in total. The van der Waals surface area contributed by atoms with Gasteiger partial charge in [-0.15, -0.1) is 0 Å². The fourth-order valence-electron chi connectivity index (χ4n) is 5.11. The van der Waals surface area contributed by atoms with E-state index in [1.165, 1.54) is 0 Å². The number of amides is 1. The highest BCUT2D eigenvalue weighted by Crippen LogP contribution is 2.30. The molecule has 2 aliphatic heterocycles. The van der Waals surface area contributed by atoms with E-state index in [4.69, 9.17) is 21.1 Å². The number of morpholine rings is 1. The molecule has 0 radical (unpaired) electrons. The van der Waals surface area contributed by atoms with Crippen molar-refractivity contribution in [3.8, 4) is 5.75 Å². The minimum atomic E-state index is -0.772. The third kappa shape index (κ3) is 6.79. The van der Waals surface area contributed by atoms with Crippen LogP contribution in [0.3, 0.4) is 0 Å². The molecule has 1 amide bonds. The van der Waals surface area contributed by atoms with E-state index in [9.17, 15) is 9.90 Å². The summed E-state index contributed by atoms with van der Waals surface area (Å²) >= 11 is 6.35. The maximum absolute atomic E-state index is 13.3. The molecule has 2 aliphatic rings. The number of halogens is 1. The highest BCUT2D eigenvalue weighted by molar-refractivity contribution is 6.32. The van der Waals surface area contributed by atoms with Gasteiger partial charge >= 0.3 is 0 Å².